The molecule has 0 aliphatic heterocycles. The molecular weight excluding hydrogens is 227 g/mol. The highest BCUT2D eigenvalue weighted by atomic mass is 79.9. The van der Waals surface area contributed by atoms with Gasteiger partial charge in [-0.25, -0.2) is 4.39 Å². The highest BCUT2D eigenvalue weighted by molar-refractivity contribution is 9.10. The standard InChI is InChI=1S/C8H6BrFO2/c1-5(11)12-8-3-2-6(10)4-7(8)9/h2-4H,1H3. The third-order valence-electron chi connectivity index (χ3n) is 1.15. The van der Waals surface area contributed by atoms with E-state index >= 15 is 0 Å². The van der Waals surface area contributed by atoms with Crippen LogP contribution in [0.3, 0.4) is 0 Å². The molecule has 0 amide bonds. The molecule has 0 spiro atoms. The van der Waals surface area contributed by atoms with Crippen LogP contribution in [-0.4, -0.2) is 5.97 Å². The van der Waals surface area contributed by atoms with Gasteiger partial charge in [0.15, 0.2) is 0 Å². The van der Waals surface area contributed by atoms with Gasteiger partial charge in [-0.05, 0) is 34.1 Å². The molecule has 4 heteroatoms. The second-order valence-electron chi connectivity index (χ2n) is 2.17. The summed E-state index contributed by atoms with van der Waals surface area (Å²) in [5.74, 6) is -0.482. The van der Waals surface area contributed by atoms with Crippen LogP contribution in [0.15, 0.2) is 22.7 Å². The fourth-order valence-corrected chi connectivity index (χ4v) is 1.14. The van der Waals surface area contributed by atoms with Crippen LogP contribution in [0.25, 0.3) is 0 Å². The van der Waals surface area contributed by atoms with E-state index in [0.29, 0.717) is 10.2 Å². The van der Waals surface area contributed by atoms with E-state index in [4.69, 9.17) is 4.74 Å². The van der Waals surface area contributed by atoms with Crippen molar-refractivity contribution in [3.63, 3.8) is 0 Å². The first-order valence-corrected chi connectivity index (χ1v) is 4.02. The first-order chi connectivity index (χ1) is 5.59. The summed E-state index contributed by atoms with van der Waals surface area (Å²) < 4.78 is 17.7. The average molecular weight is 233 g/mol. The van der Waals surface area contributed by atoms with E-state index in [9.17, 15) is 9.18 Å². The highest BCUT2D eigenvalue weighted by Gasteiger charge is 2.03. The molecule has 0 atom stereocenters. The van der Waals surface area contributed by atoms with Crippen molar-refractivity contribution in [2.24, 2.45) is 0 Å². The van der Waals surface area contributed by atoms with Gasteiger partial charge in [0.25, 0.3) is 0 Å². The van der Waals surface area contributed by atoms with Gasteiger partial charge >= 0.3 is 5.97 Å². The van der Waals surface area contributed by atoms with Gasteiger partial charge in [-0.2, -0.15) is 0 Å². The Kier molecular flexibility index (Phi) is 2.81. The van der Waals surface area contributed by atoms with Crippen molar-refractivity contribution >= 4 is 21.9 Å². The fourth-order valence-electron chi connectivity index (χ4n) is 0.713. The van der Waals surface area contributed by atoms with Crippen molar-refractivity contribution in [3.05, 3.63) is 28.5 Å². The number of esters is 1. The Morgan fingerprint density at radius 3 is 2.75 bits per heavy atom. The Morgan fingerprint density at radius 1 is 1.58 bits per heavy atom. The van der Waals surface area contributed by atoms with E-state index in [0.717, 1.165) is 0 Å². The van der Waals surface area contributed by atoms with E-state index in [2.05, 4.69) is 15.9 Å². The first-order valence-electron chi connectivity index (χ1n) is 3.23. The molecule has 0 heterocycles. The predicted octanol–water partition coefficient (Wildman–Crippen LogP) is 2.51. The third-order valence-corrected chi connectivity index (χ3v) is 1.77. The summed E-state index contributed by atoms with van der Waals surface area (Å²) in [5, 5.41) is 0. The molecule has 0 aliphatic carbocycles. The number of benzene rings is 1. The molecule has 2 nitrogen and oxygen atoms in total. The third kappa shape index (κ3) is 2.30. The van der Waals surface area contributed by atoms with Crippen molar-refractivity contribution in [2.45, 2.75) is 6.92 Å². The molecule has 0 aromatic heterocycles. The molecule has 0 saturated carbocycles. The molecule has 0 N–H and O–H groups in total. The SMILES string of the molecule is CC(=O)Oc1ccc(F)cc1Br. The summed E-state index contributed by atoms with van der Waals surface area (Å²) in [6, 6.07) is 3.85. The number of ether oxygens (including phenoxy) is 1. The van der Waals surface area contributed by atoms with Crippen LogP contribution in [-0.2, 0) is 4.79 Å². The topological polar surface area (TPSA) is 26.3 Å². The first kappa shape index (κ1) is 9.19. The summed E-state index contributed by atoms with van der Waals surface area (Å²) >= 11 is 3.06. The minimum absolute atomic E-state index is 0.323. The second kappa shape index (κ2) is 3.67. The lowest BCUT2D eigenvalue weighted by molar-refractivity contribution is -0.131. The molecule has 0 bridgehead atoms. The number of halogens is 2. The fraction of sp³-hybridized carbons (Fsp3) is 0.125. The normalized spacial score (nSPS) is 9.58. The number of hydrogen-bond acceptors (Lipinski definition) is 2. The van der Waals surface area contributed by atoms with Crippen LogP contribution in [0.4, 0.5) is 4.39 Å². The van der Waals surface area contributed by atoms with Crippen LogP contribution in [0.5, 0.6) is 5.75 Å². The molecule has 1 aromatic carbocycles. The molecule has 0 fully saturated rings. The monoisotopic (exact) mass is 232 g/mol. The van der Waals surface area contributed by atoms with Gasteiger partial charge in [-0.15, -0.1) is 0 Å². The molecule has 1 rings (SSSR count). The zero-order valence-corrected chi connectivity index (χ0v) is 7.89. The van der Waals surface area contributed by atoms with Gasteiger partial charge in [0.05, 0.1) is 4.47 Å². The van der Waals surface area contributed by atoms with Crippen molar-refractivity contribution in [3.8, 4) is 5.75 Å². The average Bonchev–Trinajstić information content (AvgIpc) is 1.94. The maximum atomic E-state index is 12.5. The van der Waals surface area contributed by atoms with Gasteiger partial charge in [-0.1, -0.05) is 0 Å². The Balaban J connectivity index is 2.93. The lowest BCUT2D eigenvalue weighted by atomic mass is 10.3. The Labute approximate surface area is 77.5 Å². The molecular formula is C8H6BrFO2. The van der Waals surface area contributed by atoms with Crippen molar-refractivity contribution < 1.29 is 13.9 Å². The van der Waals surface area contributed by atoms with Crippen LogP contribution in [0, 0.1) is 5.82 Å². The molecule has 0 radical (unpaired) electrons. The predicted molar refractivity (Wildman–Crippen MR) is 45.4 cm³/mol. The number of carbonyl (C=O) groups is 1. The summed E-state index contributed by atoms with van der Waals surface area (Å²) in [6.45, 7) is 1.29. The maximum absolute atomic E-state index is 12.5. The van der Waals surface area contributed by atoms with Crippen molar-refractivity contribution in [2.75, 3.05) is 0 Å². The Bertz CT molecular complexity index is 312. The van der Waals surface area contributed by atoms with Crippen molar-refractivity contribution in [1.29, 1.82) is 0 Å². The lowest BCUT2D eigenvalue weighted by Gasteiger charge is -2.02. The zero-order valence-electron chi connectivity index (χ0n) is 6.30. The number of hydrogen-bond donors (Lipinski definition) is 0. The van der Waals surface area contributed by atoms with E-state index in [1.165, 1.54) is 25.1 Å². The summed E-state index contributed by atoms with van der Waals surface area (Å²) in [7, 11) is 0. The minimum atomic E-state index is -0.428. The van der Waals surface area contributed by atoms with Gasteiger partial charge in [-0.3, -0.25) is 4.79 Å². The number of rotatable bonds is 1. The quantitative estimate of drug-likeness (QED) is 0.550. The Morgan fingerprint density at radius 2 is 2.25 bits per heavy atom. The van der Waals surface area contributed by atoms with Gasteiger partial charge < -0.3 is 4.74 Å². The van der Waals surface area contributed by atoms with Gasteiger partial charge in [0, 0.05) is 6.92 Å². The van der Waals surface area contributed by atoms with Crippen LogP contribution in [0.1, 0.15) is 6.92 Å². The summed E-state index contributed by atoms with van der Waals surface area (Å²) in [6.07, 6.45) is 0. The van der Waals surface area contributed by atoms with Crippen LogP contribution < -0.4 is 4.74 Å². The molecule has 0 aliphatic rings. The van der Waals surface area contributed by atoms with E-state index < -0.39 is 5.97 Å². The highest BCUT2D eigenvalue weighted by Crippen LogP contribution is 2.25. The maximum Gasteiger partial charge on any atom is 0.308 e. The van der Waals surface area contributed by atoms with E-state index in [1.54, 1.807) is 0 Å². The zero-order chi connectivity index (χ0) is 9.14. The second-order valence-corrected chi connectivity index (χ2v) is 3.02. The molecule has 12 heavy (non-hydrogen) atoms. The summed E-state index contributed by atoms with van der Waals surface area (Å²) in [5.41, 5.74) is 0. The Hall–Kier alpha value is -0.900. The molecule has 0 saturated heterocycles. The largest absolute Gasteiger partial charge is 0.426 e. The van der Waals surface area contributed by atoms with Crippen LogP contribution >= 0.6 is 15.9 Å². The smallest absolute Gasteiger partial charge is 0.308 e. The summed E-state index contributed by atoms with van der Waals surface area (Å²) in [4.78, 5) is 10.5. The van der Waals surface area contributed by atoms with Crippen LogP contribution in [0.2, 0.25) is 0 Å². The molecule has 1 aromatic rings. The minimum Gasteiger partial charge on any atom is -0.426 e. The van der Waals surface area contributed by atoms with Gasteiger partial charge in [0.1, 0.15) is 11.6 Å². The molecule has 64 valence electrons. The van der Waals surface area contributed by atoms with E-state index in [-0.39, 0.29) is 5.82 Å². The van der Waals surface area contributed by atoms with Crippen molar-refractivity contribution in [1.82, 2.24) is 0 Å². The van der Waals surface area contributed by atoms with Gasteiger partial charge in [0.2, 0.25) is 0 Å². The molecule has 0 unspecified atom stereocenters. The number of carbonyl (C=O) groups excluding carboxylic acids is 1. The lowest BCUT2D eigenvalue weighted by Crippen LogP contribution is -2.01. The van der Waals surface area contributed by atoms with E-state index in [1.807, 2.05) is 0 Å².